The van der Waals surface area contributed by atoms with Gasteiger partial charge in [0.05, 0.1) is 5.97 Å². The second-order valence-electron chi connectivity index (χ2n) is 2.15. The summed E-state index contributed by atoms with van der Waals surface area (Å²) in [5, 5.41) is 10.4. The van der Waals surface area contributed by atoms with Crippen LogP contribution in [0.15, 0.2) is 24.3 Å². The zero-order chi connectivity index (χ0) is 8.27. The van der Waals surface area contributed by atoms with E-state index in [4.69, 9.17) is 5.73 Å². The average Bonchev–Trinajstić information content (AvgIpc) is 2.04. The van der Waals surface area contributed by atoms with Crippen molar-refractivity contribution >= 4 is 5.97 Å². The fraction of sp³-hybridized carbons (Fsp3) is 0.125. The van der Waals surface area contributed by atoms with Crippen molar-refractivity contribution in [3.8, 4) is 0 Å². The van der Waals surface area contributed by atoms with E-state index in [-0.39, 0.29) is 41.7 Å². The first-order chi connectivity index (χ1) is 5.25. The Labute approximate surface area is 92.9 Å². The van der Waals surface area contributed by atoms with Crippen molar-refractivity contribution in [2.45, 2.75) is 6.54 Å². The summed E-state index contributed by atoms with van der Waals surface area (Å²) in [6.07, 6.45) is 0. The van der Waals surface area contributed by atoms with Gasteiger partial charge in [-0.2, -0.15) is 0 Å². The number of benzene rings is 1. The van der Waals surface area contributed by atoms with Crippen molar-refractivity contribution in [1.82, 2.24) is 0 Å². The number of aromatic carboxylic acids is 1. The Morgan fingerprint density at radius 3 is 2.42 bits per heavy atom. The molecule has 0 spiro atoms. The number of carboxylic acid groups (broad SMARTS) is 1. The fourth-order valence-corrected chi connectivity index (χ4v) is 0.897. The molecule has 0 amide bonds. The predicted molar refractivity (Wildman–Crippen MR) is 38.7 cm³/mol. The van der Waals surface area contributed by atoms with Crippen LogP contribution >= 0.6 is 0 Å². The molecule has 0 aromatic heterocycles. The molecule has 0 bridgehead atoms. The van der Waals surface area contributed by atoms with Crippen LogP contribution in [-0.4, -0.2) is 5.97 Å². The van der Waals surface area contributed by atoms with Gasteiger partial charge in [-0.25, -0.2) is 0 Å². The Morgan fingerprint density at radius 1 is 1.42 bits per heavy atom. The van der Waals surface area contributed by atoms with E-state index in [9.17, 15) is 9.90 Å². The van der Waals surface area contributed by atoms with Crippen molar-refractivity contribution in [2.24, 2.45) is 5.73 Å². The number of carbonyl (C=O) groups is 1. The summed E-state index contributed by atoms with van der Waals surface area (Å²) in [6, 6.07) is 6.54. The molecule has 58 valence electrons. The second-order valence-corrected chi connectivity index (χ2v) is 2.15. The van der Waals surface area contributed by atoms with Crippen LogP contribution in [0.3, 0.4) is 0 Å². The molecule has 0 atom stereocenters. The van der Waals surface area contributed by atoms with Gasteiger partial charge in [0.2, 0.25) is 0 Å². The molecule has 3 nitrogen and oxygen atoms in total. The van der Waals surface area contributed by atoms with Gasteiger partial charge in [-0.05, 0) is 5.56 Å². The molecule has 12 heavy (non-hydrogen) atoms. The van der Waals surface area contributed by atoms with Crippen LogP contribution in [-0.2, 0) is 6.54 Å². The second kappa shape index (κ2) is 5.32. The van der Waals surface area contributed by atoms with E-state index >= 15 is 0 Å². The number of carbonyl (C=O) groups excluding carboxylic acids is 1. The van der Waals surface area contributed by atoms with E-state index in [1.807, 2.05) is 0 Å². The van der Waals surface area contributed by atoms with E-state index in [0.29, 0.717) is 5.56 Å². The van der Waals surface area contributed by atoms with Gasteiger partial charge in [0, 0.05) is 12.1 Å². The number of carboxylic acids is 1. The van der Waals surface area contributed by atoms with Crippen molar-refractivity contribution in [1.29, 1.82) is 0 Å². The molecule has 0 heterocycles. The van der Waals surface area contributed by atoms with E-state index < -0.39 is 5.97 Å². The third-order valence-corrected chi connectivity index (χ3v) is 1.46. The van der Waals surface area contributed by atoms with Crippen LogP contribution in [0, 0.1) is 0 Å². The van der Waals surface area contributed by atoms with Crippen LogP contribution in [0.1, 0.15) is 15.9 Å². The number of rotatable bonds is 2. The summed E-state index contributed by atoms with van der Waals surface area (Å²) in [6.45, 7) is 0.226. The van der Waals surface area contributed by atoms with Crippen molar-refractivity contribution in [2.75, 3.05) is 0 Å². The Bertz CT molecular complexity index is 276. The van der Waals surface area contributed by atoms with Gasteiger partial charge in [-0.1, -0.05) is 24.3 Å². The van der Waals surface area contributed by atoms with Crippen LogP contribution in [0.5, 0.6) is 0 Å². The van der Waals surface area contributed by atoms with E-state index in [0.717, 1.165) is 0 Å². The first-order valence-electron chi connectivity index (χ1n) is 3.25. The Kier molecular flexibility index (Phi) is 5.17. The average molecular weight is 173 g/mol. The summed E-state index contributed by atoms with van der Waals surface area (Å²) in [5.41, 5.74) is 6.08. The molecule has 1 aromatic rings. The summed E-state index contributed by atoms with van der Waals surface area (Å²) in [5.74, 6) is -1.17. The maximum Gasteiger partial charge on any atom is 1.00 e. The maximum atomic E-state index is 10.4. The summed E-state index contributed by atoms with van der Waals surface area (Å²) in [7, 11) is 0. The van der Waals surface area contributed by atoms with E-state index in [1.54, 1.807) is 18.2 Å². The Morgan fingerprint density at radius 2 is 2.00 bits per heavy atom. The maximum absolute atomic E-state index is 10.4. The monoisotopic (exact) mass is 173 g/mol. The molecule has 0 aliphatic heterocycles. The van der Waals surface area contributed by atoms with Crippen LogP contribution in [0.2, 0.25) is 0 Å². The molecular formula is C8H8NNaO2. The Hall–Kier alpha value is -0.350. The molecule has 2 N–H and O–H groups in total. The molecule has 1 aromatic carbocycles. The zero-order valence-corrected chi connectivity index (χ0v) is 8.91. The van der Waals surface area contributed by atoms with Crippen molar-refractivity contribution < 1.29 is 39.5 Å². The van der Waals surface area contributed by atoms with E-state index in [1.165, 1.54) is 6.07 Å². The van der Waals surface area contributed by atoms with Gasteiger partial charge in [-0.3, -0.25) is 0 Å². The first kappa shape index (κ1) is 11.6. The zero-order valence-electron chi connectivity index (χ0n) is 6.91. The van der Waals surface area contributed by atoms with Crippen molar-refractivity contribution in [3.63, 3.8) is 0 Å². The largest absolute Gasteiger partial charge is 1.00 e. The SMILES string of the molecule is NCc1ccccc1C(=O)[O-].[Na+]. The summed E-state index contributed by atoms with van der Waals surface area (Å²) < 4.78 is 0. The summed E-state index contributed by atoms with van der Waals surface area (Å²) >= 11 is 0. The fourth-order valence-electron chi connectivity index (χ4n) is 0.897. The summed E-state index contributed by atoms with van der Waals surface area (Å²) in [4.78, 5) is 10.4. The minimum Gasteiger partial charge on any atom is -0.545 e. The molecule has 4 heteroatoms. The molecule has 1 rings (SSSR count). The van der Waals surface area contributed by atoms with Gasteiger partial charge in [0.25, 0.3) is 0 Å². The number of nitrogens with two attached hydrogens (primary N) is 1. The van der Waals surface area contributed by atoms with Gasteiger partial charge in [0.1, 0.15) is 0 Å². The van der Waals surface area contributed by atoms with Crippen molar-refractivity contribution in [3.05, 3.63) is 35.4 Å². The smallest absolute Gasteiger partial charge is 0.545 e. The molecule has 0 unspecified atom stereocenters. The standard InChI is InChI=1S/C8H9NO2.Na/c9-5-6-3-1-2-4-7(6)8(10)11;/h1-4H,5,9H2,(H,10,11);/q;+1/p-1. The topological polar surface area (TPSA) is 66.2 Å². The van der Waals surface area contributed by atoms with Crippen LogP contribution < -0.4 is 40.4 Å². The number of hydrogen-bond acceptors (Lipinski definition) is 3. The normalized spacial score (nSPS) is 8.75. The number of hydrogen-bond donors (Lipinski definition) is 1. The predicted octanol–water partition coefficient (Wildman–Crippen LogP) is -3.49. The molecule has 0 radical (unpaired) electrons. The van der Waals surface area contributed by atoms with Gasteiger partial charge in [0.15, 0.2) is 0 Å². The van der Waals surface area contributed by atoms with Crippen LogP contribution in [0.4, 0.5) is 0 Å². The third-order valence-electron chi connectivity index (χ3n) is 1.46. The minimum absolute atomic E-state index is 0. The van der Waals surface area contributed by atoms with Gasteiger partial charge in [-0.15, -0.1) is 0 Å². The Balaban J connectivity index is 0.00000121. The first-order valence-corrected chi connectivity index (χ1v) is 3.25. The molecule has 0 fully saturated rings. The third kappa shape index (κ3) is 2.60. The molecule has 0 aliphatic rings. The molecule has 0 saturated carbocycles. The van der Waals surface area contributed by atoms with E-state index in [2.05, 4.69) is 0 Å². The molecule has 0 aliphatic carbocycles. The molecule has 0 saturated heterocycles. The minimum atomic E-state index is -1.17. The van der Waals surface area contributed by atoms with Gasteiger partial charge < -0.3 is 15.6 Å². The molecular weight excluding hydrogens is 165 g/mol. The quantitative estimate of drug-likeness (QED) is 0.472. The van der Waals surface area contributed by atoms with Crippen LogP contribution in [0.25, 0.3) is 0 Å². The van der Waals surface area contributed by atoms with Gasteiger partial charge >= 0.3 is 29.6 Å².